The molecule has 2 heterocycles. The summed E-state index contributed by atoms with van der Waals surface area (Å²) in [7, 11) is 0. The van der Waals surface area contributed by atoms with E-state index in [-0.39, 0.29) is 24.2 Å². The van der Waals surface area contributed by atoms with Crippen LogP contribution in [0.4, 0.5) is 5.69 Å². The van der Waals surface area contributed by atoms with Crippen LogP contribution in [0.2, 0.25) is 0 Å². The lowest BCUT2D eigenvalue weighted by molar-refractivity contribution is -0.134. The minimum Gasteiger partial charge on any atom is -0.482 e. The third-order valence-electron chi connectivity index (χ3n) is 4.91. The van der Waals surface area contributed by atoms with Gasteiger partial charge in [0.25, 0.3) is 5.91 Å². The van der Waals surface area contributed by atoms with E-state index in [9.17, 15) is 14.4 Å². The van der Waals surface area contributed by atoms with Crippen LogP contribution in [0.3, 0.4) is 0 Å². The molecule has 0 spiro atoms. The van der Waals surface area contributed by atoms with Crippen molar-refractivity contribution in [2.24, 2.45) is 0 Å². The Labute approximate surface area is 147 Å². The highest BCUT2D eigenvalue weighted by Gasteiger charge is 2.35. The first-order chi connectivity index (χ1) is 12.0. The Morgan fingerprint density at radius 1 is 1.12 bits per heavy atom. The number of carbonyl (C=O) groups is 3. The van der Waals surface area contributed by atoms with Gasteiger partial charge in [-0.2, -0.15) is 0 Å². The number of benzene rings is 1. The lowest BCUT2D eigenvalue weighted by Crippen LogP contribution is -2.52. The van der Waals surface area contributed by atoms with E-state index in [0.29, 0.717) is 17.0 Å². The predicted molar refractivity (Wildman–Crippen MR) is 93.9 cm³/mol. The molecule has 0 N–H and O–H groups in total. The van der Waals surface area contributed by atoms with E-state index in [0.717, 1.165) is 38.8 Å². The molecule has 2 aliphatic rings. The maximum atomic E-state index is 12.9. The van der Waals surface area contributed by atoms with Crippen molar-refractivity contribution in [2.75, 3.05) is 24.6 Å². The molecule has 0 radical (unpaired) electrons. The Hall–Kier alpha value is -2.37. The van der Waals surface area contributed by atoms with Gasteiger partial charge in [0.2, 0.25) is 5.91 Å². The zero-order valence-corrected chi connectivity index (χ0v) is 14.8. The molecule has 1 saturated heterocycles. The molecule has 134 valence electrons. The maximum absolute atomic E-state index is 12.9. The molecular formula is C19H24N2O4. The largest absolute Gasteiger partial charge is 0.482 e. The van der Waals surface area contributed by atoms with Gasteiger partial charge >= 0.3 is 0 Å². The number of fused-ring (bicyclic) bond motifs is 1. The quantitative estimate of drug-likeness (QED) is 0.790. The summed E-state index contributed by atoms with van der Waals surface area (Å²) in [5.74, 6) is 0.132. The SMILES string of the molecule is CC(=O)c1ccc2c(c1)N(C(C)C(=O)N1CCCCCC1)C(=O)CO2. The van der Waals surface area contributed by atoms with Crippen LogP contribution in [-0.4, -0.2) is 48.2 Å². The van der Waals surface area contributed by atoms with Crippen molar-refractivity contribution in [2.45, 2.75) is 45.6 Å². The number of anilines is 1. The molecule has 1 unspecified atom stereocenters. The maximum Gasteiger partial charge on any atom is 0.265 e. The molecule has 1 aromatic carbocycles. The Balaban J connectivity index is 1.90. The smallest absolute Gasteiger partial charge is 0.265 e. The summed E-state index contributed by atoms with van der Waals surface area (Å²) in [5, 5.41) is 0. The average Bonchev–Trinajstić information content (AvgIpc) is 2.89. The Kier molecular flexibility index (Phi) is 5.06. The van der Waals surface area contributed by atoms with Gasteiger partial charge < -0.3 is 9.64 Å². The molecule has 0 aliphatic carbocycles. The summed E-state index contributed by atoms with van der Waals surface area (Å²) in [6.45, 7) is 4.61. The van der Waals surface area contributed by atoms with Gasteiger partial charge in [-0.1, -0.05) is 12.8 Å². The number of ketones is 1. The fourth-order valence-electron chi connectivity index (χ4n) is 3.48. The van der Waals surface area contributed by atoms with Crippen molar-refractivity contribution in [3.8, 4) is 5.75 Å². The highest BCUT2D eigenvalue weighted by atomic mass is 16.5. The summed E-state index contributed by atoms with van der Waals surface area (Å²) in [5.41, 5.74) is 0.996. The molecule has 1 fully saturated rings. The molecule has 6 nitrogen and oxygen atoms in total. The first-order valence-electron chi connectivity index (χ1n) is 8.87. The summed E-state index contributed by atoms with van der Waals surface area (Å²) in [6, 6.07) is 4.39. The number of amides is 2. The van der Waals surface area contributed by atoms with E-state index in [4.69, 9.17) is 4.74 Å². The van der Waals surface area contributed by atoms with Crippen LogP contribution in [0, 0.1) is 0 Å². The van der Waals surface area contributed by atoms with Gasteiger partial charge in [-0.15, -0.1) is 0 Å². The lowest BCUT2D eigenvalue weighted by atomic mass is 10.1. The van der Waals surface area contributed by atoms with Gasteiger partial charge in [-0.25, -0.2) is 0 Å². The first-order valence-corrected chi connectivity index (χ1v) is 8.87. The fourth-order valence-corrected chi connectivity index (χ4v) is 3.48. The second-order valence-corrected chi connectivity index (χ2v) is 6.71. The third kappa shape index (κ3) is 3.52. The van der Waals surface area contributed by atoms with Crippen LogP contribution in [0.15, 0.2) is 18.2 Å². The highest BCUT2D eigenvalue weighted by Crippen LogP contribution is 2.35. The molecule has 0 aromatic heterocycles. The van der Waals surface area contributed by atoms with Crippen LogP contribution < -0.4 is 9.64 Å². The lowest BCUT2D eigenvalue weighted by Gasteiger charge is -2.35. The molecule has 2 aliphatic heterocycles. The number of carbonyl (C=O) groups excluding carboxylic acids is 3. The molecule has 3 rings (SSSR count). The number of ether oxygens (including phenoxy) is 1. The first kappa shape index (κ1) is 17.5. The van der Waals surface area contributed by atoms with Gasteiger partial charge in [0, 0.05) is 18.7 Å². The summed E-state index contributed by atoms with van der Waals surface area (Å²) < 4.78 is 5.47. The third-order valence-corrected chi connectivity index (χ3v) is 4.91. The van der Waals surface area contributed by atoms with Gasteiger partial charge in [-0.3, -0.25) is 19.3 Å². The molecule has 0 saturated carbocycles. The molecule has 25 heavy (non-hydrogen) atoms. The van der Waals surface area contributed by atoms with Crippen molar-refractivity contribution in [3.63, 3.8) is 0 Å². The second-order valence-electron chi connectivity index (χ2n) is 6.71. The average molecular weight is 344 g/mol. The van der Waals surface area contributed by atoms with Crippen molar-refractivity contribution in [1.29, 1.82) is 0 Å². The summed E-state index contributed by atoms with van der Waals surface area (Å²) in [6.07, 6.45) is 4.28. The minimum atomic E-state index is -0.615. The monoisotopic (exact) mass is 344 g/mol. The highest BCUT2D eigenvalue weighted by molar-refractivity contribution is 6.05. The Bertz CT molecular complexity index is 693. The van der Waals surface area contributed by atoms with Crippen molar-refractivity contribution < 1.29 is 19.1 Å². The fraction of sp³-hybridized carbons (Fsp3) is 0.526. The topological polar surface area (TPSA) is 66.9 Å². The number of likely N-dealkylation sites (tertiary alicyclic amines) is 1. The number of rotatable bonds is 3. The number of Topliss-reactive ketones (excluding diaryl/α,β-unsaturated/α-hetero) is 1. The molecular weight excluding hydrogens is 320 g/mol. The van der Waals surface area contributed by atoms with Crippen LogP contribution in [-0.2, 0) is 9.59 Å². The minimum absolute atomic E-state index is 0.0451. The predicted octanol–water partition coefficient (Wildman–Crippen LogP) is 2.41. The number of nitrogens with zero attached hydrogens (tertiary/aromatic N) is 2. The number of hydrogen-bond donors (Lipinski definition) is 0. The normalized spacial score (nSPS) is 18.9. The zero-order chi connectivity index (χ0) is 18.0. The Morgan fingerprint density at radius 3 is 2.44 bits per heavy atom. The van der Waals surface area contributed by atoms with Crippen molar-refractivity contribution >= 4 is 23.3 Å². The molecule has 2 amide bonds. The van der Waals surface area contributed by atoms with Gasteiger partial charge in [0.15, 0.2) is 12.4 Å². The molecule has 0 bridgehead atoms. The Morgan fingerprint density at radius 2 is 1.80 bits per heavy atom. The van der Waals surface area contributed by atoms with Gasteiger partial charge in [0.05, 0.1) is 5.69 Å². The molecule has 6 heteroatoms. The standard InChI is InChI=1S/C19H24N2O4/c1-13(19(24)20-9-5-3-4-6-10-20)21-16-11-15(14(2)22)7-8-17(16)25-12-18(21)23/h7-8,11,13H,3-6,9-10,12H2,1-2H3. The van der Waals surface area contributed by atoms with Gasteiger partial charge in [-0.05, 0) is 44.9 Å². The van der Waals surface area contributed by atoms with Crippen LogP contribution in [0.1, 0.15) is 49.9 Å². The van der Waals surface area contributed by atoms with E-state index in [1.165, 1.54) is 11.8 Å². The summed E-state index contributed by atoms with van der Waals surface area (Å²) in [4.78, 5) is 40.5. The van der Waals surface area contributed by atoms with Crippen molar-refractivity contribution in [3.05, 3.63) is 23.8 Å². The van der Waals surface area contributed by atoms with Crippen LogP contribution in [0.25, 0.3) is 0 Å². The zero-order valence-electron chi connectivity index (χ0n) is 14.8. The van der Waals surface area contributed by atoms with Crippen LogP contribution in [0.5, 0.6) is 5.75 Å². The van der Waals surface area contributed by atoms with Gasteiger partial charge in [0.1, 0.15) is 11.8 Å². The molecule has 1 aromatic rings. The molecule has 1 atom stereocenters. The van der Waals surface area contributed by atoms with Crippen LogP contribution >= 0.6 is 0 Å². The van der Waals surface area contributed by atoms with Crippen molar-refractivity contribution in [1.82, 2.24) is 4.90 Å². The number of hydrogen-bond acceptors (Lipinski definition) is 4. The summed E-state index contributed by atoms with van der Waals surface area (Å²) >= 11 is 0. The van der Waals surface area contributed by atoms with E-state index >= 15 is 0 Å². The second kappa shape index (κ2) is 7.25. The van der Waals surface area contributed by atoms with E-state index in [1.54, 1.807) is 25.1 Å². The van der Waals surface area contributed by atoms with E-state index in [2.05, 4.69) is 0 Å². The van der Waals surface area contributed by atoms with E-state index in [1.807, 2.05) is 4.90 Å². The van der Waals surface area contributed by atoms with E-state index < -0.39 is 6.04 Å².